The minimum atomic E-state index is -1.76. The number of nitrogens with two attached hydrogens (primary N) is 16. The number of carbonyl (C=O) groups is 15. The lowest BCUT2D eigenvalue weighted by Crippen LogP contribution is -2.60. The van der Waals surface area contributed by atoms with Gasteiger partial charge in [-0.1, -0.05) is 12.8 Å². The SMILES string of the molecule is NCCCC[C@H](NC(=O)[C@H](CCCN=C(N)N)NC(=O)CNC(=O)CCCCCNC(=O)CCCC[C@@H]1SC[C@@H]2NC(=O)N[C@@H]21)C(=O)N[C@@H](CCCCN)C(=O)N[C@@H](CCCN=C(N)N)C(=O)N[C@@H](CCCN=C(N)N)C(=O)N[C@@H](CCC(N)=O)C(=O)N[C@@H](CCCN=C(N)N)C(=O)N[C@@H](CCCN=C(N)N)C(=O)N[C@@H](CCCN=C(N)N)C(=O)N[C@@H](CS)C(N)=O. The number of hydrogen-bond acceptors (Lipinski definition) is 25. The number of hydrogen-bond donors (Lipinski definition) is 31. The monoisotopic (exact) mass is 1840 g/mol. The predicted molar refractivity (Wildman–Crippen MR) is 485 cm³/mol. The molecule has 0 radical (unpaired) electrons. The Bertz CT molecular complexity index is 3710. The van der Waals surface area contributed by atoms with Crippen molar-refractivity contribution in [2.45, 2.75) is 258 Å². The summed E-state index contributed by atoms with van der Waals surface area (Å²) in [7, 11) is 0. The quantitative estimate of drug-likeness (QED) is 0.00884. The van der Waals surface area contributed by atoms with E-state index in [4.69, 9.17) is 91.7 Å². The van der Waals surface area contributed by atoms with Gasteiger partial charge in [-0.05, 0) is 161 Å². The molecule has 2 heterocycles. The molecule has 0 aromatic rings. The first-order valence-electron chi connectivity index (χ1n) is 42.5. The van der Waals surface area contributed by atoms with Crippen LogP contribution in [-0.2, 0) is 67.1 Å². The smallest absolute Gasteiger partial charge is 0.315 e. The van der Waals surface area contributed by atoms with Gasteiger partial charge in [-0.3, -0.25) is 97.1 Å². The third-order valence-corrected chi connectivity index (χ3v) is 21.6. The van der Waals surface area contributed by atoms with Crippen molar-refractivity contribution in [3.8, 4) is 0 Å². The second-order valence-corrected chi connectivity index (χ2v) is 32.0. The molecule has 2 saturated heterocycles. The zero-order valence-electron chi connectivity index (χ0n) is 72.2. The molecule has 718 valence electrons. The van der Waals surface area contributed by atoms with E-state index in [2.05, 4.69) is 117 Å². The molecule has 0 bridgehead atoms. The molecule has 16 amide bonds. The topological polar surface area (TPSA) is 915 Å². The number of fused-ring (bicyclic) bond motifs is 1. The second kappa shape index (κ2) is 63.9. The van der Waals surface area contributed by atoms with E-state index in [-0.39, 0.29) is 227 Å². The van der Waals surface area contributed by atoms with Gasteiger partial charge in [0.1, 0.15) is 60.4 Å². The summed E-state index contributed by atoms with van der Waals surface area (Å²) in [5.74, 6) is -13.1. The van der Waals surface area contributed by atoms with E-state index in [0.717, 1.165) is 18.6 Å². The molecule has 0 spiro atoms. The fraction of sp³-hybridized carbons (Fsp3) is 0.716. The van der Waals surface area contributed by atoms with Gasteiger partial charge >= 0.3 is 6.03 Å². The number of unbranched alkanes of at least 4 members (excludes halogenated alkanes) is 5. The van der Waals surface area contributed by atoms with Crippen molar-refractivity contribution in [2.75, 3.05) is 77.0 Å². The van der Waals surface area contributed by atoms with E-state index in [1.54, 1.807) is 0 Å². The van der Waals surface area contributed by atoms with Crippen molar-refractivity contribution in [3.05, 3.63) is 0 Å². The number of thiol groups is 1. The van der Waals surface area contributed by atoms with Crippen LogP contribution >= 0.6 is 24.4 Å². The van der Waals surface area contributed by atoms with Crippen LogP contribution in [-0.4, -0.2) is 279 Å². The number of nitrogens with zero attached hydrogens (tertiary/aromatic N) is 6. The predicted octanol–water partition coefficient (Wildman–Crippen LogP) is -11.4. The highest BCUT2D eigenvalue weighted by Gasteiger charge is 2.43. The van der Waals surface area contributed by atoms with E-state index >= 15 is 0 Å². The molecule has 2 fully saturated rings. The highest BCUT2D eigenvalue weighted by molar-refractivity contribution is 8.00. The molecule has 0 saturated carbocycles. The first kappa shape index (κ1) is 111. The van der Waals surface area contributed by atoms with Crippen molar-refractivity contribution in [1.29, 1.82) is 0 Å². The number of rotatable bonds is 69. The lowest BCUT2D eigenvalue weighted by molar-refractivity contribution is -0.136. The maximum absolute atomic E-state index is 15.0. The van der Waals surface area contributed by atoms with Gasteiger partial charge in [-0.25, -0.2) is 4.79 Å². The van der Waals surface area contributed by atoms with Crippen molar-refractivity contribution in [1.82, 2.24) is 74.4 Å². The van der Waals surface area contributed by atoms with Crippen LogP contribution in [0, 0.1) is 0 Å². The van der Waals surface area contributed by atoms with Crippen LogP contribution in [0.25, 0.3) is 0 Å². The highest BCUT2D eigenvalue weighted by Crippen LogP contribution is 2.33. The summed E-state index contributed by atoms with van der Waals surface area (Å²) in [5.41, 5.74) is 89.8. The highest BCUT2D eigenvalue weighted by atomic mass is 32.2. The lowest BCUT2D eigenvalue weighted by atomic mass is 10.0. The van der Waals surface area contributed by atoms with Gasteiger partial charge in [0, 0.05) is 81.8 Å². The normalized spacial score (nSPS) is 15.9. The molecule has 53 heteroatoms. The van der Waals surface area contributed by atoms with E-state index < -0.39 is 157 Å². The summed E-state index contributed by atoms with van der Waals surface area (Å²) in [5, 5.41) is 37.7. The molecule has 0 unspecified atom stereocenters. The average molecular weight is 1840 g/mol. The van der Waals surface area contributed by atoms with Gasteiger partial charge in [0.2, 0.25) is 82.7 Å². The minimum absolute atomic E-state index is 0.00261. The minimum Gasteiger partial charge on any atom is -0.370 e. The van der Waals surface area contributed by atoms with Crippen molar-refractivity contribution >= 4 is 149 Å². The third-order valence-electron chi connectivity index (χ3n) is 19.7. The Morgan fingerprint density at radius 2 is 0.638 bits per heavy atom. The first-order chi connectivity index (χ1) is 60.4. The number of primary amides is 2. The van der Waals surface area contributed by atoms with Gasteiger partial charge < -0.3 is 166 Å². The van der Waals surface area contributed by atoms with Crippen LogP contribution in [0.15, 0.2) is 30.0 Å². The summed E-state index contributed by atoms with van der Waals surface area (Å²) in [6.07, 6.45) is 3.45. The molecule has 51 nitrogen and oxygen atoms in total. The van der Waals surface area contributed by atoms with Gasteiger partial charge in [0.25, 0.3) is 0 Å². The molecule has 13 atom stereocenters. The number of thioether (sulfide) groups is 1. The van der Waals surface area contributed by atoms with Crippen LogP contribution in [0.4, 0.5) is 4.79 Å². The van der Waals surface area contributed by atoms with E-state index in [9.17, 15) is 71.9 Å². The van der Waals surface area contributed by atoms with Crippen LogP contribution in [0.3, 0.4) is 0 Å². The van der Waals surface area contributed by atoms with Gasteiger partial charge in [0.15, 0.2) is 35.8 Å². The summed E-state index contributed by atoms with van der Waals surface area (Å²) in [6, 6.07) is -15.0. The van der Waals surface area contributed by atoms with Gasteiger partial charge in [-0.15, -0.1) is 0 Å². The van der Waals surface area contributed by atoms with E-state index in [0.29, 0.717) is 56.7 Å². The Morgan fingerprint density at radius 3 is 0.945 bits per heavy atom. The zero-order valence-corrected chi connectivity index (χ0v) is 73.9. The standard InChI is InChI=1S/C74H140N36O15S2/c75-29-7-5-16-42(100-59(116)41(18-10-32-92-68(79)80)99-56(114)38-98-55(113)25-2-1-9-31-91-54(112)26-4-3-24-52-57-51(40-127-52)109-74(125)110-57)60(117)101-43(17-6-8-30-76)61(118)102-44(19-11-33-93-69(81)82)62(119)104-47(22-14-36-96-72(87)88)65(122)107-49(27-28-53(77)111)67(124)106-46(21-13-35-95-71(85)86)64(121)103-45(20-12-34-94-70(83)84)63(120)105-48(23-15-37-97-73(89)90)66(123)108-50(39-126)58(78)115/h41-52,57,126H,1-40,75-76H2,(H2,77,111)(H2,78,115)(H,91,112)(H,98,113)(H,99,114)(H,100,116)(H,101,117)(H,102,118)(H,103,121)(H,104,119)(H,105,120)(H,106,124)(H,107,122)(H,108,123)(H4,79,80,92)(H4,81,82,93)(H4,83,84,94)(H4,85,86,95)(H4,87,88,96)(H4,89,90,97)(H2,109,110,125)/t41-,42-,43-,44-,45-,46-,47-,48-,49-,50-,51-,52-,57-/m0/s1. The molecule has 0 aromatic heterocycles. The first-order valence-corrected chi connectivity index (χ1v) is 44.2. The Morgan fingerprint density at radius 1 is 0.339 bits per heavy atom. The second-order valence-electron chi connectivity index (χ2n) is 30.3. The number of guanidine groups is 6. The Hall–Kier alpha value is -11.9. The molecule has 2 aliphatic heterocycles. The number of nitrogens with one attached hydrogen (secondary N) is 14. The number of amides is 16. The van der Waals surface area contributed by atoms with E-state index in [1.165, 1.54) is 0 Å². The van der Waals surface area contributed by atoms with Crippen molar-refractivity contribution < 1.29 is 71.9 Å². The molecule has 0 aromatic carbocycles. The molecule has 46 N–H and O–H groups in total. The molecule has 127 heavy (non-hydrogen) atoms. The summed E-state index contributed by atoms with van der Waals surface area (Å²) >= 11 is 5.91. The summed E-state index contributed by atoms with van der Waals surface area (Å²) < 4.78 is 0. The summed E-state index contributed by atoms with van der Waals surface area (Å²) in [4.78, 5) is 231. The van der Waals surface area contributed by atoms with Gasteiger partial charge in [-0.2, -0.15) is 24.4 Å². The zero-order chi connectivity index (χ0) is 94.8. The van der Waals surface area contributed by atoms with Crippen LogP contribution in [0.2, 0.25) is 0 Å². The van der Waals surface area contributed by atoms with Crippen LogP contribution < -0.4 is 166 Å². The summed E-state index contributed by atoms with van der Waals surface area (Å²) in [6.45, 7) is -0.154. The number of urea groups is 1. The fourth-order valence-electron chi connectivity index (χ4n) is 13.1. The average Bonchev–Trinajstić information content (AvgIpc) is 1.68. The lowest BCUT2D eigenvalue weighted by Gasteiger charge is -2.28. The molecular formula is C74H140N36O15S2. The molecule has 2 aliphatic rings. The van der Waals surface area contributed by atoms with Crippen molar-refractivity contribution in [3.63, 3.8) is 0 Å². The van der Waals surface area contributed by atoms with Crippen LogP contribution in [0.1, 0.15) is 180 Å². The Kier molecular flexibility index (Phi) is 55.9. The number of aliphatic imine (C=N–C) groups is 6. The Balaban J connectivity index is 2.54. The van der Waals surface area contributed by atoms with Crippen molar-refractivity contribution in [2.24, 2.45) is 122 Å². The maximum atomic E-state index is 15.0. The maximum Gasteiger partial charge on any atom is 0.315 e. The molecular weight excluding hydrogens is 1700 g/mol. The van der Waals surface area contributed by atoms with E-state index in [1.807, 2.05) is 11.8 Å². The molecule has 0 aliphatic carbocycles. The fourth-order valence-corrected chi connectivity index (χ4v) is 14.9. The Labute approximate surface area is 748 Å². The van der Waals surface area contributed by atoms with Gasteiger partial charge in [0.05, 0.1) is 18.6 Å². The number of carbonyl (C=O) groups excluding carboxylic acids is 15. The largest absolute Gasteiger partial charge is 0.370 e. The molecule has 2 rings (SSSR count). The third kappa shape index (κ3) is 50.1. The van der Waals surface area contributed by atoms with Crippen LogP contribution in [0.5, 0.6) is 0 Å².